The maximum Gasteiger partial charge on any atom is 0.275 e. The van der Waals surface area contributed by atoms with Gasteiger partial charge in [0, 0.05) is 18.8 Å². The lowest BCUT2D eigenvalue weighted by Crippen LogP contribution is -2.38. The van der Waals surface area contributed by atoms with E-state index in [4.69, 9.17) is 4.74 Å². The Bertz CT molecular complexity index is 910. The van der Waals surface area contributed by atoms with Crippen molar-refractivity contribution in [1.29, 1.82) is 0 Å². The van der Waals surface area contributed by atoms with E-state index in [2.05, 4.69) is 10.1 Å². The minimum absolute atomic E-state index is 0.201. The number of hydrogen-bond acceptors (Lipinski definition) is 6. The standard InChI is InChI=1S/C15H13FN4O2S/c16-11-3-1-2-10(8-11)12-9-19(6-7-22-12)15-18-20-13(21)4-5-17-14(20)23-15/h1-5,8,12H,6-7,9H2. The number of morpholine rings is 1. The van der Waals surface area contributed by atoms with Crippen molar-refractivity contribution in [3.63, 3.8) is 0 Å². The van der Waals surface area contributed by atoms with Crippen LogP contribution in [0.4, 0.5) is 9.52 Å². The van der Waals surface area contributed by atoms with E-state index >= 15 is 0 Å². The molecule has 1 atom stereocenters. The third kappa shape index (κ3) is 2.71. The SMILES string of the molecule is O=c1ccnc2sc(N3CCOC(c4cccc(F)c4)C3)nn12. The van der Waals surface area contributed by atoms with Gasteiger partial charge in [-0.2, -0.15) is 4.52 Å². The molecule has 3 aromatic rings. The monoisotopic (exact) mass is 332 g/mol. The molecule has 6 nitrogen and oxygen atoms in total. The van der Waals surface area contributed by atoms with Crippen LogP contribution in [0.3, 0.4) is 0 Å². The fourth-order valence-electron chi connectivity index (χ4n) is 2.59. The molecule has 8 heteroatoms. The van der Waals surface area contributed by atoms with Crippen molar-refractivity contribution in [3.8, 4) is 0 Å². The lowest BCUT2D eigenvalue weighted by molar-refractivity contribution is 0.0395. The molecule has 0 amide bonds. The highest BCUT2D eigenvalue weighted by Crippen LogP contribution is 2.28. The summed E-state index contributed by atoms with van der Waals surface area (Å²) in [5, 5.41) is 5.05. The first kappa shape index (κ1) is 14.3. The first-order valence-electron chi connectivity index (χ1n) is 7.17. The molecule has 0 radical (unpaired) electrons. The maximum atomic E-state index is 13.4. The lowest BCUT2D eigenvalue weighted by Gasteiger charge is -2.32. The van der Waals surface area contributed by atoms with Crippen molar-refractivity contribution in [3.05, 3.63) is 58.3 Å². The van der Waals surface area contributed by atoms with Crippen LogP contribution in [-0.4, -0.2) is 34.3 Å². The topological polar surface area (TPSA) is 59.7 Å². The molecule has 23 heavy (non-hydrogen) atoms. The quantitative estimate of drug-likeness (QED) is 0.717. The summed E-state index contributed by atoms with van der Waals surface area (Å²) in [5.74, 6) is -0.279. The number of nitrogens with zero attached hydrogens (tertiary/aromatic N) is 4. The van der Waals surface area contributed by atoms with Crippen LogP contribution in [-0.2, 0) is 4.74 Å². The fourth-order valence-corrected chi connectivity index (χ4v) is 3.50. The Morgan fingerprint density at radius 3 is 3.09 bits per heavy atom. The lowest BCUT2D eigenvalue weighted by atomic mass is 10.1. The molecule has 1 saturated heterocycles. The molecule has 1 aliphatic heterocycles. The van der Waals surface area contributed by atoms with Gasteiger partial charge in [0.2, 0.25) is 10.1 Å². The van der Waals surface area contributed by atoms with E-state index in [0.29, 0.717) is 29.8 Å². The first-order valence-corrected chi connectivity index (χ1v) is 7.99. The van der Waals surface area contributed by atoms with E-state index in [9.17, 15) is 9.18 Å². The normalized spacial score (nSPS) is 18.5. The Morgan fingerprint density at radius 2 is 2.26 bits per heavy atom. The van der Waals surface area contributed by atoms with E-state index in [1.165, 1.54) is 40.2 Å². The second-order valence-corrected chi connectivity index (χ2v) is 6.16. The van der Waals surface area contributed by atoms with Crippen LogP contribution in [0.1, 0.15) is 11.7 Å². The average molecular weight is 332 g/mol. The van der Waals surface area contributed by atoms with Gasteiger partial charge in [-0.05, 0) is 17.7 Å². The molecule has 118 valence electrons. The largest absolute Gasteiger partial charge is 0.370 e. The van der Waals surface area contributed by atoms with Gasteiger partial charge >= 0.3 is 0 Å². The van der Waals surface area contributed by atoms with Gasteiger partial charge in [-0.1, -0.05) is 23.5 Å². The van der Waals surface area contributed by atoms with Gasteiger partial charge in [0.15, 0.2) is 0 Å². The Hall–Kier alpha value is -2.32. The highest BCUT2D eigenvalue weighted by Gasteiger charge is 2.25. The number of rotatable bonds is 2. The molecule has 0 spiro atoms. The minimum atomic E-state index is -0.279. The molecule has 1 aromatic carbocycles. The molecule has 4 rings (SSSR count). The number of halogens is 1. The molecular weight excluding hydrogens is 319 g/mol. The van der Waals surface area contributed by atoms with E-state index < -0.39 is 0 Å². The number of fused-ring (bicyclic) bond motifs is 1. The molecular formula is C15H13FN4O2S. The fraction of sp³-hybridized carbons (Fsp3) is 0.267. The summed E-state index contributed by atoms with van der Waals surface area (Å²) in [4.78, 5) is 18.5. The number of benzene rings is 1. The van der Waals surface area contributed by atoms with Crippen LogP contribution in [0.5, 0.6) is 0 Å². The number of aromatic nitrogens is 3. The van der Waals surface area contributed by atoms with Gasteiger partial charge < -0.3 is 9.64 Å². The Kier molecular flexibility index (Phi) is 3.55. The van der Waals surface area contributed by atoms with Crippen LogP contribution in [0, 0.1) is 5.82 Å². The van der Waals surface area contributed by atoms with Gasteiger partial charge in [0.1, 0.15) is 11.9 Å². The zero-order chi connectivity index (χ0) is 15.8. The number of ether oxygens (including phenoxy) is 1. The maximum absolute atomic E-state index is 13.4. The van der Waals surface area contributed by atoms with Gasteiger partial charge in [-0.25, -0.2) is 9.37 Å². The molecule has 1 unspecified atom stereocenters. The third-order valence-corrected chi connectivity index (χ3v) is 4.70. The van der Waals surface area contributed by atoms with E-state index in [1.807, 2.05) is 11.0 Å². The van der Waals surface area contributed by atoms with Crippen molar-refractivity contribution in [2.75, 3.05) is 24.6 Å². The molecule has 0 aliphatic carbocycles. The van der Waals surface area contributed by atoms with Crippen LogP contribution in [0.25, 0.3) is 4.96 Å². The van der Waals surface area contributed by atoms with E-state index in [-0.39, 0.29) is 17.5 Å². The van der Waals surface area contributed by atoms with Crippen molar-refractivity contribution in [2.45, 2.75) is 6.10 Å². The van der Waals surface area contributed by atoms with Crippen LogP contribution < -0.4 is 10.5 Å². The molecule has 0 bridgehead atoms. The minimum Gasteiger partial charge on any atom is -0.370 e. The van der Waals surface area contributed by atoms with Gasteiger partial charge in [-0.3, -0.25) is 4.79 Å². The third-order valence-electron chi connectivity index (χ3n) is 3.72. The van der Waals surface area contributed by atoms with Crippen molar-refractivity contribution in [2.24, 2.45) is 0 Å². The van der Waals surface area contributed by atoms with Gasteiger partial charge in [-0.15, -0.1) is 5.10 Å². The average Bonchev–Trinajstić information content (AvgIpc) is 3.01. The Balaban J connectivity index is 1.63. The van der Waals surface area contributed by atoms with Crippen molar-refractivity contribution < 1.29 is 9.13 Å². The molecule has 3 heterocycles. The first-order chi connectivity index (χ1) is 11.2. The van der Waals surface area contributed by atoms with Crippen molar-refractivity contribution in [1.82, 2.24) is 14.6 Å². The van der Waals surface area contributed by atoms with Crippen LogP contribution >= 0.6 is 11.3 Å². The van der Waals surface area contributed by atoms with Gasteiger partial charge in [0.25, 0.3) is 5.56 Å². The smallest absolute Gasteiger partial charge is 0.275 e. The zero-order valence-electron chi connectivity index (χ0n) is 12.1. The summed E-state index contributed by atoms with van der Waals surface area (Å²) in [6.07, 6.45) is 1.25. The summed E-state index contributed by atoms with van der Waals surface area (Å²) in [6, 6.07) is 7.80. The predicted octanol–water partition coefficient (Wildman–Crippen LogP) is 1.87. The summed E-state index contributed by atoms with van der Waals surface area (Å²) < 4.78 is 20.5. The second-order valence-electron chi connectivity index (χ2n) is 5.22. The van der Waals surface area contributed by atoms with Crippen molar-refractivity contribution >= 4 is 21.4 Å². The summed E-state index contributed by atoms with van der Waals surface area (Å²) in [7, 11) is 0. The molecule has 1 aliphatic rings. The Labute approximate surface area is 134 Å². The summed E-state index contributed by atoms with van der Waals surface area (Å²) in [6.45, 7) is 1.73. The Morgan fingerprint density at radius 1 is 1.35 bits per heavy atom. The molecule has 2 aromatic heterocycles. The van der Waals surface area contributed by atoms with Crippen LogP contribution in [0.2, 0.25) is 0 Å². The zero-order valence-corrected chi connectivity index (χ0v) is 12.9. The molecule has 1 fully saturated rings. The summed E-state index contributed by atoms with van der Waals surface area (Å²) >= 11 is 1.36. The highest BCUT2D eigenvalue weighted by atomic mass is 32.1. The summed E-state index contributed by atoms with van der Waals surface area (Å²) in [5.41, 5.74) is 0.596. The second kappa shape index (κ2) is 5.71. The molecule has 0 N–H and O–H groups in total. The molecule has 0 saturated carbocycles. The van der Waals surface area contributed by atoms with E-state index in [0.717, 1.165) is 5.56 Å². The van der Waals surface area contributed by atoms with E-state index in [1.54, 1.807) is 6.07 Å². The predicted molar refractivity (Wildman–Crippen MR) is 84.4 cm³/mol. The van der Waals surface area contributed by atoms with Gasteiger partial charge in [0.05, 0.1) is 13.2 Å². The highest BCUT2D eigenvalue weighted by molar-refractivity contribution is 7.20. The van der Waals surface area contributed by atoms with Crippen LogP contribution in [0.15, 0.2) is 41.3 Å². The number of anilines is 1. The number of hydrogen-bond donors (Lipinski definition) is 0.